The largest absolute Gasteiger partial charge is 0.312 e. The van der Waals surface area contributed by atoms with Crippen LogP contribution >= 0.6 is 0 Å². The lowest BCUT2D eigenvalue weighted by Gasteiger charge is -2.40. The fourth-order valence-electron chi connectivity index (χ4n) is 3.24. The summed E-state index contributed by atoms with van der Waals surface area (Å²) in [5.41, 5.74) is 2.83. The molecule has 0 amide bonds. The Hall–Kier alpha value is -0.860. The first kappa shape index (κ1) is 14.5. The van der Waals surface area contributed by atoms with Gasteiger partial charge in [0.25, 0.3) is 0 Å². The summed E-state index contributed by atoms with van der Waals surface area (Å²) >= 11 is 0. The van der Waals surface area contributed by atoms with Crippen molar-refractivity contribution in [2.24, 2.45) is 5.92 Å². The van der Waals surface area contributed by atoms with Crippen LogP contribution in [0.2, 0.25) is 0 Å². The predicted octanol–water partition coefficient (Wildman–Crippen LogP) is 3.38. The molecule has 1 N–H and O–H groups in total. The molecule has 1 aliphatic rings. The van der Waals surface area contributed by atoms with Crippen molar-refractivity contribution in [3.8, 4) is 0 Å². The topological polar surface area (TPSA) is 15.3 Å². The second-order valence-electron chi connectivity index (χ2n) is 6.05. The summed E-state index contributed by atoms with van der Waals surface area (Å²) < 4.78 is 0. The molecule has 2 heteroatoms. The van der Waals surface area contributed by atoms with Gasteiger partial charge in [-0.3, -0.25) is 4.90 Å². The number of likely N-dealkylation sites (N-methyl/N-ethyl adjacent to an activating group) is 1. The third kappa shape index (κ3) is 3.37. The number of hydrogen-bond acceptors (Lipinski definition) is 2. The molecule has 3 unspecified atom stereocenters. The minimum atomic E-state index is 0.439. The number of rotatable bonds is 4. The van der Waals surface area contributed by atoms with Crippen LogP contribution in [0.5, 0.6) is 0 Å². The first-order valence-electron chi connectivity index (χ1n) is 7.60. The maximum absolute atomic E-state index is 3.50. The quantitative estimate of drug-likeness (QED) is 0.893. The fraction of sp³-hybridized carbons (Fsp3) is 0.647. The van der Waals surface area contributed by atoms with Crippen molar-refractivity contribution in [1.29, 1.82) is 0 Å². The first-order chi connectivity index (χ1) is 9.13. The molecule has 0 saturated carbocycles. The zero-order chi connectivity index (χ0) is 13.8. The SMILES string of the molecule is CNC(CN1CCCC(C)C1C)c1ccccc1C. The highest BCUT2D eigenvalue weighted by Gasteiger charge is 2.26. The molecule has 1 fully saturated rings. The third-order valence-electron chi connectivity index (χ3n) is 4.83. The van der Waals surface area contributed by atoms with Crippen LogP contribution in [0.4, 0.5) is 0 Å². The van der Waals surface area contributed by atoms with Crippen molar-refractivity contribution < 1.29 is 0 Å². The van der Waals surface area contributed by atoms with Gasteiger partial charge in [-0.1, -0.05) is 31.2 Å². The van der Waals surface area contributed by atoms with Crippen molar-refractivity contribution in [3.63, 3.8) is 0 Å². The van der Waals surface area contributed by atoms with Gasteiger partial charge in [-0.15, -0.1) is 0 Å². The highest BCUT2D eigenvalue weighted by Crippen LogP contribution is 2.26. The molecule has 1 aromatic carbocycles. The van der Waals surface area contributed by atoms with E-state index >= 15 is 0 Å². The Bertz CT molecular complexity index is 402. The van der Waals surface area contributed by atoms with Gasteiger partial charge in [-0.05, 0) is 57.3 Å². The summed E-state index contributed by atoms with van der Waals surface area (Å²) in [5, 5.41) is 3.50. The molecule has 0 radical (unpaired) electrons. The molecule has 1 saturated heterocycles. The third-order valence-corrected chi connectivity index (χ3v) is 4.83. The Kier molecular flexibility index (Phi) is 5.00. The van der Waals surface area contributed by atoms with Gasteiger partial charge in [0.05, 0.1) is 0 Å². The van der Waals surface area contributed by atoms with E-state index in [9.17, 15) is 0 Å². The van der Waals surface area contributed by atoms with Crippen LogP contribution in [0.3, 0.4) is 0 Å². The first-order valence-corrected chi connectivity index (χ1v) is 7.60. The Balaban J connectivity index is 2.09. The van der Waals surface area contributed by atoms with Crippen molar-refractivity contribution in [2.45, 2.75) is 45.7 Å². The second-order valence-corrected chi connectivity index (χ2v) is 6.05. The predicted molar refractivity (Wildman–Crippen MR) is 82.4 cm³/mol. The van der Waals surface area contributed by atoms with Crippen LogP contribution in [0.15, 0.2) is 24.3 Å². The van der Waals surface area contributed by atoms with E-state index in [0.29, 0.717) is 12.1 Å². The Labute approximate surface area is 118 Å². The number of aryl methyl sites for hydroxylation is 1. The van der Waals surface area contributed by atoms with Crippen molar-refractivity contribution in [2.75, 3.05) is 20.1 Å². The molecule has 0 spiro atoms. The molecular weight excluding hydrogens is 232 g/mol. The van der Waals surface area contributed by atoms with Crippen LogP contribution < -0.4 is 5.32 Å². The Morgan fingerprint density at radius 1 is 1.32 bits per heavy atom. The number of hydrogen-bond donors (Lipinski definition) is 1. The number of likely N-dealkylation sites (tertiary alicyclic amines) is 1. The molecule has 3 atom stereocenters. The molecule has 19 heavy (non-hydrogen) atoms. The molecule has 106 valence electrons. The zero-order valence-corrected chi connectivity index (χ0v) is 12.8. The monoisotopic (exact) mass is 260 g/mol. The van der Waals surface area contributed by atoms with E-state index in [1.165, 1.54) is 30.5 Å². The average Bonchev–Trinajstić information content (AvgIpc) is 2.41. The average molecular weight is 260 g/mol. The van der Waals surface area contributed by atoms with E-state index in [4.69, 9.17) is 0 Å². The van der Waals surface area contributed by atoms with E-state index in [1.54, 1.807) is 0 Å². The highest BCUT2D eigenvalue weighted by atomic mass is 15.2. The number of piperidine rings is 1. The van der Waals surface area contributed by atoms with Crippen molar-refractivity contribution >= 4 is 0 Å². The maximum atomic E-state index is 3.50. The highest BCUT2D eigenvalue weighted by molar-refractivity contribution is 5.29. The summed E-state index contributed by atoms with van der Waals surface area (Å²) in [6, 6.07) is 9.88. The van der Waals surface area contributed by atoms with Gasteiger partial charge in [0, 0.05) is 18.6 Å². The summed E-state index contributed by atoms with van der Waals surface area (Å²) in [7, 11) is 2.08. The van der Waals surface area contributed by atoms with Gasteiger partial charge in [0.2, 0.25) is 0 Å². The zero-order valence-electron chi connectivity index (χ0n) is 12.8. The second kappa shape index (κ2) is 6.53. The standard InChI is InChI=1S/C17H28N2/c1-13-9-7-11-19(15(13)3)12-17(18-4)16-10-6-5-8-14(16)2/h5-6,8,10,13,15,17-18H,7,9,11-12H2,1-4H3. The molecule has 0 bridgehead atoms. The Morgan fingerprint density at radius 2 is 2.05 bits per heavy atom. The van der Waals surface area contributed by atoms with Crippen LogP contribution in [-0.2, 0) is 0 Å². The van der Waals surface area contributed by atoms with Crippen LogP contribution in [0.25, 0.3) is 0 Å². The van der Waals surface area contributed by atoms with Gasteiger partial charge >= 0.3 is 0 Å². The molecule has 0 aromatic heterocycles. The van der Waals surface area contributed by atoms with Crippen molar-refractivity contribution in [3.05, 3.63) is 35.4 Å². The summed E-state index contributed by atoms with van der Waals surface area (Å²) in [5.74, 6) is 0.822. The number of benzene rings is 1. The van der Waals surface area contributed by atoms with Gasteiger partial charge in [-0.2, -0.15) is 0 Å². The van der Waals surface area contributed by atoms with Gasteiger partial charge in [0.15, 0.2) is 0 Å². The minimum absolute atomic E-state index is 0.439. The fourth-order valence-corrected chi connectivity index (χ4v) is 3.24. The van der Waals surface area contributed by atoms with E-state index in [2.05, 4.69) is 62.3 Å². The molecule has 1 aliphatic heterocycles. The lowest BCUT2D eigenvalue weighted by Crippen LogP contribution is -2.46. The summed E-state index contributed by atoms with van der Waals surface area (Å²) in [6.45, 7) is 9.34. The van der Waals surface area contributed by atoms with Crippen LogP contribution in [0, 0.1) is 12.8 Å². The van der Waals surface area contributed by atoms with Gasteiger partial charge in [0.1, 0.15) is 0 Å². The minimum Gasteiger partial charge on any atom is -0.312 e. The molecular formula is C17H28N2. The normalized spacial score (nSPS) is 26.3. The van der Waals surface area contributed by atoms with E-state index in [0.717, 1.165) is 12.5 Å². The Morgan fingerprint density at radius 3 is 2.74 bits per heavy atom. The molecule has 1 aromatic rings. The molecule has 1 heterocycles. The molecule has 2 nitrogen and oxygen atoms in total. The van der Waals surface area contributed by atoms with Crippen LogP contribution in [0.1, 0.15) is 43.9 Å². The maximum Gasteiger partial charge on any atom is 0.0449 e. The van der Waals surface area contributed by atoms with E-state index in [-0.39, 0.29) is 0 Å². The van der Waals surface area contributed by atoms with Gasteiger partial charge in [-0.25, -0.2) is 0 Å². The van der Waals surface area contributed by atoms with Gasteiger partial charge < -0.3 is 5.32 Å². The van der Waals surface area contributed by atoms with E-state index < -0.39 is 0 Å². The van der Waals surface area contributed by atoms with E-state index in [1.807, 2.05) is 0 Å². The van der Waals surface area contributed by atoms with Crippen LogP contribution in [-0.4, -0.2) is 31.1 Å². The summed E-state index contributed by atoms with van der Waals surface area (Å²) in [6.07, 6.45) is 2.72. The lowest BCUT2D eigenvalue weighted by atomic mass is 9.91. The summed E-state index contributed by atoms with van der Waals surface area (Å²) in [4.78, 5) is 2.65. The molecule has 2 rings (SSSR count). The van der Waals surface area contributed by atoms with Crippen molar-refractivity contribution in [1.82, 2.24) is 10.2 Å². The smallest absolute Gasteiger partial charge is 0.0449 e. The number of nitrogens with zero attached hydrogens (tertiary/aromatic N) is 1. The molecule has 0 aliphatic carbocycles. The lowest BCUT2D eigenvalue weighted by molar-refractivity contribution is 0.103. The number of nitrogens with one attached hydrogen (secondary N) is 1.